The molecule has 180 valence electrons. The topological polar surface area (TPSA) is 58.1 Å². The first-order chi connectivity index (χ1) is 17.2. The Kier molecular flexibility index (Phi) is 6.96. The molecule has 0 bridgehead atoms. The van der Waals surface area contributed by atoms with Gasteiger partial charge < -0.3 is 10.2 Å². The third kappa shape index (κ3) is 5.47. The zero-order valence-electron chi connectivity index (χ0n) is 20.0. The lowest BCUT2D eigenvalue weighted by Gasteiger charge is -2.35. The summed E-state index contributed by atoms with van der Waals surface area (Å²) >= 11 is 0. The van der Waals surface area contributed by atoms with Crippen molar-refractivity contribution in [3.8, 4) is 0 Å². The average Bonchev–Trinajstić information content (AvgIpc) is 2.93. The second-order valence-electron chi connectivity index (χ2n) is 9.04. The van der Waals surface area contributed by atoms with Crippen molar-refractivity contribution in [1.29, 1.82) is 0 Å². The third-order valence-electron chi connectivity index (χ3n) is 6.60. The maximum Gasteiger partial charge on any atom is 0.213 e. The molecular formula is C30H34N4O. The first kappa shape index (κ1) is 22.9. The van der Waals surface area contributed by atoms with Gasteiger partial charge in [0.25, 0.3) is 0 Å². The Labute approximate surface area is 209 Å². The van der Waals surface area contributed by atoms with Gasteiger partial charge in [-0.1, -0.05) is 66.7 Å². The smallest absolute Gasteiger partial charge is 0.213 e. The van der Waals surface area contributed by atoms with Gasteiger partial charge in [-0.2, -0.15) is 0 Å². The summed E-state index contributed by atoms with van der Waals surface area (Å²) in [5.74, 6) is 0.761. The minimum Gasteiger partial charge on any atom is -0.353 e. The summed E-state index contributed by atoms with van der Waals surface area (Å²) in [7, 11) is 0. The van der Waals surface area contributed by atoms with E-state index in [0.717, 1.165) is 49.6 Å². The van der Waals surface area contributed by atoms with Crippen LogP contribution in [0.25, 0.3) is 0 Å². The molecule has 5 nitrogen and oxygen atoms in total. The molecule has 5 rings (SSSR count). The standard InChI is InChI=1S/C30H30N4O.2H2/c1-22-26(19-24(20-32-22)16-15-23-9-4-2-5-10-23)30(35)27-13-8-14-29(33-27)34-18-17-31-28(21-34)25-11-6-3-7-12-25;;/h2-14,19-20,28,31H,15-18,21H2,1H3;2*1H. The van der Waals surface area contributed by atoms with Gasteiger partial charge in [-0.3, -0.25) is 9.78 Å². The Morgan fingerprint density at radius 3 is 2.51 bits per heavy atom. The van der Waals surface area contributed by atoms with Gasteiger partial charge >= 0.3 is 0 Å². The predicted molar refractivity (Wildman–Crippen MR) is 144 cm³/mol. The number of aromatic nitrogens is 2. The van der Waals surface area contributed by atoms with Gasteiger partial charge in [-0.25, -0.2) is 4.98 Å². The number of piperazine rings is 1. The number of aryl methyl sites for hydroxylation is 3. The number of rotatable bonds is 7. The predicted octanol–water partition coefficient (Wildman–Crippen LogP) is 5.44. The van der Waals surface area contributed by atoms with E-state index in [1.807, 2.05) is 43.5 Å². The minimum atomic E-state index is -0.0758. The van der Waals surface area contributed by atoms with Gasteiger partial charge in [0.1, 0.15) is 11.5 Å². The number of ketones is 1. The Bertz CT molecular complexity index is 1300. The molecule has 0 saturated carbocycles. The summed E-state index contributed by atoms with van der Waals surface area (Å²) in [6.45, 7) is 4.42. The van der Waals surface area contributed by atoms with Crippen LogP contribution in [0.4, 0.5) is 5.82 Å². The normalized spacial score (nSPS) is 15.7. The highest BCUT2D eigenvalue weighted by atomic mass is 16.1. The Morgan fingerprint density at radius 2 is 1.71 bits per heavy atom. The molecule has 1 aliphatic rings. The number of nitrogens with zero attached hydrogens (tertiary/aromatic N) is 3. The van der Waals surface area contributed by atoms with Crippen LogP contribution in [-0.2, 0) is 12.8 Å². The molecule has 0 amide bonds. The summed E-state index contributed by atoms with van der Waals surface area (Å²) < 4.78 is 0. The molecule has 1 N–H and O–H groups in total. The number of nitrogens with one attached hydrogen (secondary N) is 1. The van der Waals surface area contributed by atoms with Crippen LogP contribution in [0.1, 0.15) is 47.3 Å². The van der Waals surface area contributed by atoms with Crippen molar-refractivity contribution >= 4 is 11.6 Å². The summed E-state index contributed by atoms with van der Waals surface area (Å²) in [6, 6.07) is 28.8. The zero-order valence-corrected chi connectivity index (χ0v) is 20.0. The number of pyridine rings is 2. The first-order valence-electron chi connectivity index (χ1n) is 12.2. The lowest BCUT2D eigenvalue weighted by molar-refractivity contribution is 0.103. The maximum absolute atomic E-state index is 13.5. The molecular weight excluding hydrogens is 432 g/mol. The van der Waals surface area contributed by atoms with Crippen LogP contribution in [0.2, 0.25) is 0 Å². The van der Waals surface area contributed by atoms with Gasteiger partial charge in [-0.15, -0.1) is 0 Å². The van der Waals surface area contributed by atoms with Gasteiger partial charge in [-0.05, 0) is 54.7 Å². The molecule has 1 aliphatic heterocycles. The molecule has 0 aliphatic carbocycles. The van der Waals surface area contributed by atoms with E-state index in [2.05, 4.69) is 63.7 Å². The van der Waals surface area contributed by atoms with Crippen LogP contribution < -0.4 is 10.2 Å². The Hall–Kier alpha value is -3.83. The Morgan fingerprint density at radius 1 is 0.971 bits per heavy atom. The highest BCUT2D eigenvalue weighted by Crippen LogP contribution is 2.22. The molecule has 1 fully saturated rings. The van der Waals surface area contributed by atoms with Gasteiger partial charge in [0.15, 0.2) is 0 Å². The van der Waals surface area contributed by atoms with Crippen LogP contribution in [0, 0.1) is 6.92 Å². The van der Waals surface area contributed by atoms with Crippen LogP contribution >= 0.6 is 0 Å². The molecule has 1 saturated heterocycles. The number of carbonyl (C=O) groups is 1. The van der Waals surface area contributed by atoms with Crippen molar-refractivity contribution in [1.82, 2.24) is 15.3 Å². The zero-order chi connectivity index (χ0) is 24.0. The minimum absolute atomic E-state index is 0. The van der Waals surface area contributed by atoms with E-state index >= 15 is 0 Å². The van der Waals surface area contributed by atoms with Gasteiger partial charge in [0.05, 0.1) is 0 Å². The molecule has 1 unspecified atom stereocenters. The molecule has 2 aromatic heterocycles. The van der Waals surface area contributed by atoms with E-state index in [9.17, 15) is 4.79 Å². The Balaban J connectivity index is 0.00000190. The van der Waals surface area contributed by atoms with E-state index in [-0.39, 0.29) is 14.7 Å². The lowest BCUT2D eigenvalue weighted by atomic mass is 10.0. The summed E-state index contributed by atoms with van der Waals surface area (Å²) in [4.78, 5) is 25.0. The molecule has 5 heteroatoms. The van der Waals surface area contributed by atoms with E-state index < -0.39 is 0 Å². The van der Waals surface area contributed by atoms with E-state index in [1.165, 1.54) is 11.1 Å². The van der Waals surface area contributed by atoms with Crippen LogP contribution in [0.15, 0.2) is 91.1 Å². The number of hydrogen-bond donors (Lipinski definition) is 1. The molecule has 0 spiro atoms. The highest BCUT2D eigenvalue weighted by molar-refractivity contribution is 6.08. The summed E-state index contributed by atoms with van der Waals surface area (Å²) in [5, 5.41) is 3.59. The van der Waals surface area contributed by atoms with Crippen molar-refractivity contribution in [2.45, 2.75) is 25.8 Å². The molecule has 0 radical (unpaired) electrons. The summed E-state index contributed by atoms with van der Waals surface area (Å²) in [6.07, 6.45) is 3.63. The first-order valence-corrected chi connectivity index (χ1v) is 12.2. The molecule has 35 heavy (non-hydrogen) atoms. The van der Waals surface area contributed by atoms with Crippen molar-refractivity contribution < 1.29 is 7.65 Å². The van der Waals surface area contributed by atoms with Crippen molar-refractivity contribution in [2.75, 3.05) is 24.5 Å². The van der Waals surface area contributed by atoms with Crippen LogP contribution in [-0.4, -0.2) is 35.4 Å². The molecule has 4 aromatic rings. The second kappa shape index (κ2) is 10.6. The van der Waals surface area contributed by atoms with Crippen LogP contribution in [0.5, 0.6) is 0 Å². The highest BCUT2D eigenvalue weighted by Gasteiger charge is 2.23. The molecule has 1 atom stereocenters. The fourth-order valence-corrected chi connectivity index (χ4v) is 4.61. The summed E-state index contributed by atoms with van der Waals surface area (Å²) in [5.41, 5.74) is 5.42. The average molecular weight is 467 g/mol. The van der Waals surface area contributed by atoms with E-state index in [4.69, 9.17) is 4.98 Å². The van der Waals surface area contributed by atoms with Crippen molar-refractivity contribution in [3.63, 3.8) is 0 Å². The largest absolute Gasteiger partial charge is 0.353 e. The third-order valence-corrected chi connectivity index (χ3v) is 6.60. The van der Waals surface area contributed by atoms with Crippen molar-refractivity contribution in [2.24, 2.45) is 0 Å². The van der Waals surface area contributed by atoms with Crippen LogP contribution in [0.3, 0.4) is 0 Å². The number of benzene rings is 2. The monoisotopic (exact) mass is 466 g/mol. The quantitative estimate of drug-likeness (QED) is 0.367. The fourth-order valence-electron chi connectivity index (χ4n) is 4.61. The van der Waals surface area contributed by atoms with E-state index in [0.29, 0.717) is 11.3 Å². The SMILES string of the molecule is Cc1ncc(CCc2ccccc2)cc1C(=O)c1cccc(N2CCNC(c3ccccc3)C2)n1.[HH].[HH]. The van der Waals surface area contributed by atoms with Gasteiger partial charge in [0, 0.05) is 46.0 Å². The van der Waals surface area contributed by atoms with E-state index in [1.54, 1.807) is 6.07 Å². The van der Waals surface area contributed by atoms with Gasteiger partial charge in [0.2, 0.25) is 5.78 Å². The molecule has 2 aromatic carbocycles. The van der Waals surface area contributed by atoms with Crippen molar-refractivity contribution in [3.05, 3.63) is 125 Å². The maximum atomic E-state index is 13.5. The number of hydrogen-bond acceptors (Lipinski definition) is 5. The fraction of sp³-hybridized carbons (Fsp3) is 0.233. The second-order valence-corrected chi connectivity index (χ2v) is 9.04. The molecule has 3 heterocycles. The lowest BCUT2D eigenvalue weighted by Crippen LogP contribution is -2.46. The number of carbonyl (C=O) groups excluding carboxylic acids is 1. The number of anilines is 1.